The minimum Gasteiger partial charge on any atom is -0.386 e. The summed E-state index contributed by atoms with van der Waals surface area (Å²) >= 11 is 0. The number of hydrogen-bond donors (Lipinski definition) is 1. The van der Waals surface area contributed by atoms with Crippen LogP contribution >= 0.6 is 0 Å². The van der Waals surface area contributed by atoms with E-state index in [1.165, 1.54) is 7.85 Å². The first-order valence-electron chi connectivity index (χ1n) is 5.48. The van der Waals surface area contributed by atoms with Gasteiger partial charge >= 0.3 is 0 Å². The van der Waals surface area contributed by atoms with E-state index in [4.69, 9.17) is 0 Å². The van der Waals surface area contributed by atoms with Crippen LogP contribution in [0.2, 0.25) is 0 Å². The number of carbonyl (C=O) groups is 1. The van der Waals surface area contributed by atoms with Gasteiger partial charge in [-0.3, -0.25) is 9.78 Å². The van der Waals surface area contributed by atoms with Gasteiger partial charge in [0.1, 0.15) is 0 Å². The third-order valence-electron chi connectivity index (χ3n) is 2.40. The molecule has 86 valence electrons. The molecular weight excluding hydrogens is 203 g/mol. The lowest BCUT2D eigenvalue weighted by molar-refractivity contribution is 0.129. The Morgan fingerprint density at radius 1 is 1.69 bits per heavy atom. The highest BCUT2D eigenvalue weighted by molar-refractivity contribution is 6.56. The minimum atomic E-state index is -0.663. The molecule has 0 aliphatic carbocycles. The SMILES string of the molecule is BC(=O)N(CCC)CC(O)c1cccnc1. The van der Waals surface area contributed by atoms with E-state index in [2.05, 4.69) is 4.98 Å². The summed E-state index contributed by atoms with van der Waals surface area (Å²) in [5, 5.41) is 9.93. The molecule has 1 heterocycles. The number of hydrogen-bond acceptors (Lipinski definition) is 3. The second-order valence-electron chi connectivity index (χ2n) is 3.77. The van der Waals surface area contributed by atoms with Crippen molar-refractivity contribution < 1.29 is 9.90 Å². The van der Waals surface area contributed by atoms with Gasteiger partial charge in [0.2, 0.25) is 7.85 Å². The summed E-state index contributed by atoms with van der Waals surface area (Å²) in [6.45, 7) is 3.01. The lowest BCUT2D eigenvalue weighted by Gasteiger charge is -2.24. The van der Waals surface area contributed by atoms with E-state index in [1.54, 1.807) is 23.4 Å². The van der Waals surface area contributed by atoms with Crippen LogP contribution in [0, 0.1) is 0 Å². The molecule has 0 aromatic carbocycles. The van der Waals surface area contributed by atoms with Crippen molar-refractivity contribution in [2.24, 2.45) is 0 Å². The van der Waals surface area contributed by atoms with Crippen LogP contribution in [0.5, 0.6) is 0 Å². The molecule has 0 bridgehead atoms. The van der Waals surface area contributed by atoms with Gasteiger partial charge in [0.15, 0.2) is 5.81 Å². The Kier molecular flexibility index (Phi) is 4.99. The van der Waals surface area contributed by atoms with Crippen LogP contribution < -0.4 is 0 Å². The van der Waals surface area contributed by atoms with Crippen LogP contribution in [0.4, 0.5) is 4.79 Å². The average molecular weight is 220 g/mol. The van der Waals surface area contributed by atoms with Crippen molar-refractivity contribution in [3.63, 3.8) is 0 Å². The molecule has 16 heavy (non-hydrogen) atoms. The topological polar surface area (TPSA) is 53.4 Å². The average Bonchev–Trinajstić information content (AvgIpc) is 2.29. The van der Waals surface area contributed by atoms with Gasteiger partial charge in [0.25, 0.3) is 0 Å². The molecule has 0 fully saturated rings. The maximum atomic E-state index is 11.3. The molecule has 0 aliphatic rings. The van der Waals surface area contributed by atoms with Crippen molar-refractivity contribution in [3.05, 3.63) is 30.1 Å². The Morgan fingerprint density at radius 3 is 2.94 bits per heavy atom. The van der Waals surface area contributed by atoms with Crippen LogP contribution in [-0.4, -0.2) is 41.7 Å². The van der Waals surface area contributed by atoms with E-state index < -0.39 is 6.10 Å². The van der Waals surface area contributed by atoms with Crippen LogP contribution in [0.1, 0.15) is 25.0 Å². The second kappa shape index (κ2) is 6.28. The lowest BCUT2D eigenvalue weighted by atomic mass is 10.1. The first-order chi connectivity index (χ1) is 7.65. The number of carbonyl (C=O) groups excluding carboxylic acids is 1. The Balaban J connectivity index is 2.61. The number of aliphatic hydroxyl groups excluding tert-OH is 1. The van der Waals surface area contributed by atoms with Gasteiger partial charge in [-0.25, -0.2) is 0 Å². The normalized spacial score (nSPS) is 12.1. The van der Waals surface area contributed by atoms with E-state index in [-0.39, 0.29) is 5.81 Å². The second-order valence-corrected chi connectivity index (χ2v) is 3.77. The van der Waals surface area contributed by atoms with Crippen molar-refractivity contribution in [1.82, 2.24) is 9.88 Å². The number of aromatic nitrogens is 1. The van der Waals surface area contributed by atoms with Crippen LogP contribution in [0.3, 0.4) is 0 Å². The summed E-state index contributed by atoms with van der Waals surface area (Å²) < 4.78 is 0. The van der Waals surface area contributed by atoms with Crippen LogP contribution in [-0.2, 0) is 0 Å². The van der Waals surface area contributed by atoms with Crippen molar-refractivity contribution in [2.45, 2.75) is 19.4 Å². The summed E-state index contributed by atoms with van der Waals surface area (Å²) in [5.41, 5.74) is 0.741. The summed E-state index contributed by atoms with van der Waals surface area (Å²) in [7, 11) is 1.52. The molecule has 1 atom stereocenters. The minimum absolute atomic E-state index is 0.00945. The fourth-order valence-electron chi connectivity index (χ4n) is 1.53. The molecule has 1 amide bonds. The third kappa shape index (κ3) is 3.66. The summed E-state index contributed by atoms with van der Waals surface area (Å²) in [5.74, 6) is -0.00945. The maximum Gasteiger partial charge on any atom is 0.215 e. The predicted octanol–water partition coefficient (Wildman–Crippen LogP) is 0.580. The van der Waals surface area contributed by atoms with Crippen molar-refractivity contribution >= 4 is 13.7 Å². The van der Waals surface area contributed by atoms with Gasteiger partial charge in [-0.2, -0.15) is 0 Å². The summed E-state index contributed by atoms with van der Waals surface area (Å²) in [6, 6.07) is 3.58. The number of pyridine rings is 1. The van der Waals surface area contributed by atoms with Gasteiger partial charge in [-0.1, -0.05) is 13.0 Å². The highest BCUT2D eigenvalue weighted by Gasteiger charge is 2.14. The summed E-state index contributed by atoms with van der Waals surface area (Å²) in [6.07, 6.45) is 3.50. The lowest BCUT2D eigenvalue weighted by Crippen LogP contribution is -2.34. The Labute approximate surface area is 96.7 Å². The van der Waals surface area contributed by atoms with Gasteiger partial charge < -0.3 is 10.0 Å². The molecule has 1 unspecified atom stereocenters. The zero-order chi connectivity index (χ0) is 12.0. The molecule has 1 aromatic heterocycles. The Bertz CT molecular complexity index is 332. The van der Waals surface area contributed by atoms with Gasteiger partial charge in [0, 0.05) is 31.0 Å². The highest BCUT2D eigenvalue weighted by Crippen LogP contribution is 2.12. The third-order valence-corrected chi connectivity index (χ3v) is 2.40. The van der Waals surface area contributed by atoms with E-state index in [9.17, 15) is 9.90 Å². The van der Waals surface area contributed by atoms with Crippen molar-refractivity contribution in [1.29, 1.82) is 0 Å². The number of amides is 1. The van der Waals surface area contributed by atoms with Crippen molar-refractivity contribution in [2.75, 3.05) is 13.1 Å². The fraction of sp³-hybridized carbons (Fsp3) is 0.455. The standard InChI is InChI=1S/C11H17BN2O2/c1-2-6-14(11(12)16)8-10(15)9-4-3-5-13-7-9/h3-5,7,10,15H,2,6,8,12H2,1H3. The zero-order valence-electron chi connectivity index (χ0n) is 9.76. The molecule has 0 spiro atoms. The zero-order valence-corrected chi connectivity index (χ0v) is 9.76. The molecule has 0 saturated heterocycles. The summed E-state index contributed by atoms with van der Waals surface area (Å²) in [4.78, 5) is 16.9. The molecule has 1 aromatic rings. The molecule has 5 heteroatoms. The van der Waals surface area contributed by atoms with E-state index >= 15 is 0 Å². The fourth-order valence-corrected chi connectivity index (χ4v) is 1.53. The Morgan fingerprint density at radius 2 is 2.44 bits per heavy atom. The van der Waals surface area contributed by atoms with E-state index in [0.717, 1.165) is 12.0 Å². The molecule has 4 nitrogen and oxygen atoms in total. The highest BCUT2D eigenvalue weighted by atomic mass is 16.3. The molecular formula is C11H17BN2O2. The van der Waals surface area contributed by atoms with Gasteiger partial charge in [-0.05, 0) is 12.5 Å². The van der Waals surface area contributed by atoms with Crippen LogP contribution in [0.25, 0.3) is 0 Å². The first-order valence-corrected chi connectivity index (χ1v) is 5.48. The van der Waals surface area contributed by atoms with Crippen LogP contribution in [0.15, 0.2) is 24.5 Å². The largest absolute Gasteiger partial charge is 0.386 e. The monoisotopic (exact) mass is 220 g/mol. The smallest absolute Gasteiger partial charge is 0.215 e. The maximum absolute atomic E-state index is 11.3. The first kappa shape index (κ1) is 12.7. The van der Waals surface area contributed by atoms with Gasteiger partial charge in [-0.15, -0.1) is 0 Å². The van der Waals surface area contributed by atoms with E-state index in [1.807, 2.05) is 13.0 Å². The molecule has 0 radical (unpaired) electrons. The molecule has 0 saturated carbocycles. The molecule has 0 aliphatic heterocycles. The number of rotatable bonds is 5. The number of aliphatic hydroxyl groups is 1. The predicted molar refractivity (Wildman–Crippen MR) is 65.0 cm³/mol. The van der Waals surface area contributed by atoms with Crippen molar-refractivity contribution in [3.8, 4) is 0 Å². The molecule has 1 N–H and O–H groups in total. The number of nitrogens with zero attached hydrogens (tertiary/aromatic N) is 2. The molecule has 1 rings (SSSR count). The quantitative estimate of drug-likeness (QED) is 0.738. The Hall–Kier alpha value is -1.36. The van der Waals surface area contributed by atoms with Gasteiger partial charge in [0.05, 0.1) is 6.10 Å². The van der Waals surface area contributed by atoms with E-state index in [0.29, 0.717) is 13.1 Å².